The second-order valence-electron chi connectivity index (χ2n) is 5.41. The highest BCUT2D eigenvalue weighted by Crippen LogP contribution is 2.26. The summed E-state index contributed by atoms with van der Waals surface area (Å²) in [5, 5.41) is 12.7. The van der Waals surface area contributed by atoms with Crippen molar-refractivity contribution in [1.29, 1.82) is 0 Å². The lowest BCUT2D eigenvalue weighted by Crippen LogP contribution is -2.32. The highest BCUT2D eigenvalue weighted by Gasteiger charge is 2.25. The van der Waals surface area contributed by atoms with Crippen molar-refractivity contribution in [3.63, 3.8) is 0 Å². The number of carbonyl (C=O) groups is 1. The summed E-state index contributed by atoms with van der Waals surface area (Å²) in [6.07, 6.45) is 4.87. The van der Waals surface area contributed by atoms with E-state index in [1.165, 1.54) is 10.4 Å². The monoisotopic (exact) mass is 281 g/mol. The highest BCUT2D eigenvalue weighted by molar-refractivity contribution is 7.14. The molecule has 1 amide bonds. The minimum Gasteiger partial charge on any atom is -0.393 e. The number of aryl methyl sites for hydroxylation is 2. The first-order chi connectivity index (χ1) is 9.11. The molecule has 0 bridgehead atoms. The largest absolute Gasteiger partial charge is 0.393 e. The van der Waals surface area contributed by atoms with E-state index in [0.717, 1.165) is 37.0 Å². The zero-order valence-electron chi connectivity index (χ0n) is 11.7. The van der Waals surface area contributed by atoms with Gasteiger partial charge in [-0.3, -0.25) is 4.79 Å². The predicted octanol–water partition coefficient (Wildman–Crippen LogP) is 2.90. The van der Waals surface area contributed by atoms with E-state index in [9.17, 15) is 9.90 Å². The first-order valence-electron chi connectivity index (χ1n) is 7.17. The zero-order valence-corrected chi connectivity index (χ0v) is 12.6. The Hall–Kier alpha value is -0.870. The number of aliphatic hydroxyl groups excluding tert-OH is 1. The Bertz CT molecular complexity index is 441. The van der Waals surface area contributed by atoms with Gasteiger partial charge in [0.2, 0.25) is 0 Å². The summed E-state index contributed by atoms with van der Waals surface area (Å²) in [5.41, 5.74) is 1.29. The Kier molecular flexibility index (Phi) is 4.99. The van der Waals surface area contributed by atoms with Crippen molar-refractivity contribution in [1.82, 2.24) is 5.32 Å². The van der Waals surface area contributed by atoms with Gasteiger partial charge < -0.3 is 10.4 Å². The van der Waals surface area contributed by atoms with Crippen molar-refractivity contribution in [3.8, 4) is 0 Å². The molecule has 0 aromatic carbocycles. The van der Waals surface area contributed by atoms with Crippen molar-refractivity contribution in [2.24, 2.45) is 5.92 Å². The number of hydrogen-bond donors (Lipinski definition) is 2. The van der Waals surface area contributed by atoms with E-state index in [2.05, 4.69) is 19.2 Å². The van der Waals surface area contributed by atoms with Crippen molar-refractivity contribution in [3.05, 3.63) is 21.4 Å². The van der Waals surface area contributed by atoms with Gasteiger partial charge in [0, 0.05) is 17.3 Å². The molecule has 0 saturated heterocycles. The standard InChI is InChI=1S/C15H23NO2S/c1-3-5-11-8-14(19-10(11)2)15(18)16-9-12-6-4-7-13(12)17/h8,12-13,17H,3-7,9H2,1-2H3,(H,16,18). The fourth-order valence-corrected chi connectivity index (χ4v) is 3.70. The van der Waals surface area contributed by atoms with E-state index in [4.69, 9.17) is 0 Å². The third-order valence-electron chi connectivity index (χ3n) is 3.91. The zero-order chi connectivity index (χ0) is 13.8. The molecule has 1 heterocycles. The van der Waals surface area contributed by atoms with E-state index in [1.54, 1.807) is 11.3 Å². The van der Waals surface area contributed by atoms with E-state index in [1.807, 2.05) is 6.07 Å². The van der Waals surface area contributed by atoms with Gasteiger partial charge in [-0.2, -0.15) is 0 Å². The molecule has 2 unspecified atom stereocenters. The second-order valence-corrected chi connectivity index (χ2v) is 6.67. The number of thiophene rings is 1. The summed E-state index contributed by atoms with van der Waals surface area (Å²) < 4.78 is 0. The maximum Gasteiger partial charge on any atom is 0.261 e. The Labute approximate surface area is 119 Å². The lowest BCUT2D eigenvalue weighted by Gasteiger charge is -2.14. The van der Waals surface area contributed by atoms with Crippen LogP contribution in [-0.2, 0) is 6.42 Å². The first kappa shape index (κ1) is 14.5. The Morgan fingerprint density at radius 1 is 1.53 bits per heavy atom. The maximum absolute atomic E-state index is 12.1. The van der Waals surface area contributed by atoms with Crippen LogP contribution in [-0.4, -0.2) is 23.7 Å². The third-order valence-corrected chi connectivity index (χ3v) is 5.00. The molecular formula is C15H23NO2S. The van der Waals surface area contributed by atoms with Crippen LogP contribution in [0.15, 0.2) is 6.07 Å². The molecule has 2 atom stereocenters. The van der Waals surface area contributed by atoms with Crippen LogP contribution < -0.4 is 5.32 Å². The summed E-state index contributed by atoms with van der Waals surface area (Å²) in [6, 6.07) is 2.02. The molecule has 0 aliphatic heterocycles. The van der Waals surface area contributed by atoms with Crippen LogP contribution >= 0.6 is 11.3 Å². The lowest BCUT2D eigenvalue weighted by molar-refractivity contribution is 0.0920. The van der Waals surface area contributed by atoms with Crippen molar-refractivity contribution in [2.75, 3.05) is 6.54 Å². The summed E-state index contributed by atoms with van der Waals surface area (Å²) in [7, 11) is 0. The number of aliphatic hydroxyl groups is 1. The summed E-state index contributed by atoms with van der Waals surface area (Å²) >= 11 is 1.57. The molecule has 1 aliphatic rings. The van der Waals surface area contributed by atoms with Gasteiger partial charge in [0.1, 0.15) is 0 Å². The highest BCUT2D eigenvalue weighted by atomic mass is 32.1. The number of hydrogen-bond acceptors (Lipinski definition) is 3. The molecule has 1 aromatic heterocycles. The van der Waals surface area contributed by atoms with E-state index in [-0.39, 0.29) is 17.9 Å². The Balaban J connectivity index is 1.90. The van der Waals surface area contributed by atoms with Gasteiger partial charge in [-0.25, -0.2) is 0 Å². The van der Waals surface area contributed by atoms with Gasteiger partial charge in [-0.05, 0) is 37.8 Å². The third kappa shape index (κ3) is 3.57. The lowest BCUT2D eigenvalue weighted by atomic mass is 10.1. The molecule has 1 aromatic rings. The van der Waals surface area contributed by atoms with Crippen LogP contribution in [0.4, 0.5) is 0 Å². The quantitative estimate of drug-likeness (QED) is 0.872. The van der Waals surface area contributed by atoms with Crippen LogP contribution in [0.5, 0.6) is 0 Å². The van der Waals surface area contributed by atoms with Gasteiger partial charge in [-0.15, -0.1) is 11.3 Å². The molecule has 0 radical (unpaired) electrons. The molecule has 3 nitrogen and oxygen atoms in total. The van der Waals surface area contributed by atoms with Crippen molar-refractivity contribution >= 4 is 17.2 Å². The van der Waals surface area contributed by atoms with Crippen LogP contribution in [0, 0.1) is 12.8 Å². The molecule has 1 saturated carbocycles. The molecule has 1 aliphatic carbocycles. The van der Waals surface area contributed by atoms with Gasteiger partial charge >= 0.3 is 0 Å². The minimum absolute atomic E-state index is 0.00885. The topological polar surface area (TPSA) is 49.3 Å². The van der Waals surface area contributed by atoms with Crippen LogP contribution in [0.3, 0.4) is 0 Å². The predicted molar refractivity (Wildman–Crippen MR) is 78.7 cm³/mol. The molecule has 1 fully saturated rings. The minimum atomic E-state index is -0.235. The number of carbonyl (C=O) groups excluding carboxylic acids is 1. The average molecular weight is 281 g/mol. The van der Waals surface area contributed by atoms with Gasteiger partial charge in [-0.1, -0.05) is 19.8 Å². The van der Waals surface area contributed by atoms with Crippen LogP contribution in [0.1, 0.15) is 52.7 Å². The fraction of sp³-hybridized carbons (Fsp3) is 0.667. The van der Waals surface area contributed by atoms with E-state index in [0.29, 0.717) is 6.54 Å². The van der Waals surface area contributed by atoms with Crippen molar-refractivity contribution < 1.29 is 9.90 Å². The summed E-state index contributed by atoms with van der Waals surface area (Å²) in [6.45, 7) is 4.82. The van der Waals surface area contributed by atoms with E-state index < -0.39 is 0 Å². The molecular weight excluding hydrogens is 258 g/mol. The maximum atomic E-state index is 12.1. The van der Waals surface area contributed by atoms with Crippen LogP contribution in [0.25, 0.3) is 0 Å². The fourth-order valence-electron chi connectivity index (χ4n) is 2.72. The number of rotatable bonds is 5. The Morgan fingerprint density at radius 3 is 2.95 bits per heavy atom. The summed E-state index contributed by atoms with van der Waals surface area (Å²) in [5.74, 6) is 0.245. The van der Waals surface area contributed by atoms with Crippen molar-refractivity contribution in [2.45, 2.75) is 52.1 Å². The summed E-state index contributed by atoms with van der Waals surface area (Å²) in [4.78, 5) is 14.1. The first-order valence-corrected chi connectivity index (χ1v) is 7.99. The SMILES string of the molecule is CCCc1cc(C(=O)NCC2CCCC2O)sc1C. The number of amides is 1. The Morgan fingerprint density at radius 2 is 2.32 bits per heavy atom. The normalized spacial score (nSPS) is 22.7. The molecule has 19 heavy (non-hydrogen) atoms. The smallest absolute Gasteiger partial charge is 0.261 e. The molecule has 4 heteroatoms. The molecule has 106 valence electrons. The number of nitrogens with one attached hydrogen (secondary N) is 1. The molecule has 2 N–H and O–H groups in total. The molecule has 0 spiro atoms. The van der Waals surface area contributed by atoms with E-state index >= 15 is 0 Å². The van der Waals surface area contributed by atoms with Crippen LogP contribution in [0.2, 0.25) is 0 Å². The van der Waals surface area contributed by atoms with Gasteiger partial charge in [0.25, 0.3) is 5.91 Å². The van der Waals surface area contributed by atoms with Gasteiger partial charge in [0.05, 0.1) is 11.0 Å². The average Bonchev–Trinajstić information content (AvgIpc) is 2.94. The second kappa shape index (κ2) is 6.53. The van der Waals surface area contributed by atoms with Gasteiger partial charge in [0.15, 0.2) is 0 Å². The molecule has 2 rings (SSSR count).